The number of thiophene rings is 1. The van der Waals surface area contributed by atoms with E-state index >= 15 is 0 Å². The molecule has 3 rings (SSSR count). The molecule has 0 saturated heterocycles. The first-order valence-corrected chi connectivity index (χ1v) is 10.6. The van der Waals surface area contributed by atoms with E-state index in [1.54, 1.807) is 19.1 Å². The van der Waals surface area contributed by atoms with Crippen molar-refractivity contribution >= 4 is 46.5 Å². The predicted octanol–water partition coefficient (Wildman–Crippen LogP) is 4.52. The van der Waals surface area contributed by atoms with Gasteiger partial charge in [0.15, 0.2) is 0 Å². The van der Waals surface area contributed by atoms with Crippen LogP contribution in [0.2, 0.25) is 0 Å². The number of thiol groups is 1. The lowest BCUT2D eigenvalue weighted by atomic mass is 9.95. The summed E-state index contributed by atoms with van der Waals surface area (Å²) in [7, 11) is 0. The Morgan fingerprint density at radius 3 is 2.62 bits per heavy atom. The maximum absolute atomic E-state index is 12.8. The van der Waals surface area contributed by atoms with E-state index in [1.807, 2.05) is 24.3 Å². The molecule has 0 fully saturated rings. The average Bonchev–Trinajstić information content (AvgIpc) is 3.07. The van der Waals surface area contributed by atoms with Crippen molar-refractivity contribution in [3.05, 3.63) is 56.9 Å². The molecule has 0 radical (unpaired) electrons. The Balaban J connectivity index is 1.89. The number of amides is 1. The predicted molar refractivity (Wildman–Crippen MR) is 117 cm³/mol. The number of hydrogen-bond donors (Lipinski definition) is 3. The van der Waals surface area contributed by atoms with E-state index in [0.717, 1.165) is 36.1 Å². The summed E-state index contributed by atoms with van der Waals surface area (Å²) >= 11 is 5.67. The number of hydrogen-bond acceptors (Lipinski definition) is 7. The Labute approximate surface area is 179 Å². The molecule has 1 heterocycles. The molecule has 0 aliphatic heterocycles. The smallest absolute Gasteiger partial charge is 0.341 e. The van der Waals surface area contributed by atoms with Crippen LogP contribution in [-0.4, -0.2) is 18.5 Å². The minimum absolute atomic E-state index is 0.134. The molecule has 150 valence electrons. The van der Waals surface area contributed by atoms with Crippen molar-refractivity contribution in [1.29, 1.82) is 5.26 Å². The molecule has 0 bridgehead atoms. The summed E-state index contributed by atoms with van der Waals surface area (Å²) in [6.45, 7) is 2.00. The third kappa shape index (κ3) is 4.81. The molecule has 2 aromatic rings. The zero-order chi connectivity index (χ0) is 20.8. The van der Waals surface area contributed by atoms with Crippen LogP contribution < -0.4 is 10.6 Å². The fourth-order valence-electron chi connectivity index (χ4n) is 3.17. The summed E-state index contributed by atoms with van der Waals surface area (Å²) in [6.07, 6.45) is 3.70. The van der Waals surface area contributed by atoms with Gasteiger partial charge in [0, 0.05) is 10.6 Å². The Bertz CT molecular complexity index is 991. The molecule has 1 aromatic carbocycles. The number of nitrogens with zero attached hydrogens (tertiary/aromatic N) is 1. The normalized spacial score (nSPS) is 13.6. The lowest BCUT2D eigenvalue weighted by Crippen LogP contribution is -2.18. The van der Waals surface area contributed by atoms with E-state index in [1.165, 1.54) is 11.3 Å². The van der Waals surface area contributed by atoms with Crippen LogP contribution in [0, 0.1) is 11.3 Å². The number of esters is 1. The molecule has 0 unspecified atom stereocenters. The molecule has 0 saturated carbocycles. The van der Waals surface area contributed by atoms with Gasteiger partial charge in [-0.15, -0.1) is 24.0 Å². The highest BCUT2D eigenvalue weighted by Gasteiger charge is 2.28. The highest BCUT2D eigenvalue weighted by Crippen LogP contribution is 2.38. The van der Waals surface area contributed by atoms with Gasteiger partial charge in [-0.25, -0.2) is 4.79 Å². The number of fused-ring (bicyclic) bond motifs is 1. The summed E-state index contributed by atoms with van der Waals surface area (Å²) in [5.41, 5.74) is 1.90. The number of carbonyl (C=O) groups is 2. The van der Waals surface area contributed by atoms with Crippen molar-refractivity contribution in [1.82, 2.24) is 0 Å². The van der Waals surface area contributed by atoms with Crippen LogP contribution in [0.5, 0.6) is 0 Å². The molecule has 6 nitrogen and oxygen atoms in total. The van der Waals surface area contributed by atoms with Crippen molar-refractivity contribution in [3.63, 3.8) is 0 Å². The number of para-hydroxylation sites is 1. The van der Waals surface area contributed by atoms with Gasteiger partial charge in [-0.2, -0.15) is 5.26 Å². The molecular formula is C21H21N3O3S2. The Morgan fingerprint density at radius 1 is 1.21 bits per heavy atom. The number of anilines is 2. The first-order valence-electron chi connectivity index (χ1n) is 9.33. The van der Waals surface area contributed by atoms with Gasteiger partial charge >= 0.3 is 5.97 Å². The van der Waals surface area contributed by atoms with Crippen molar-refractivity contribution in [3.8, 4) is 6.07 Å². The van der Waals surface area contributed by atoms with Crippen molar-refractivity contribution < 1.29 is 14.3 Å². The molecule has 29 heavy (non-hydrogen) atoms. The minimum atomic E-state index is -0.620. The SMILES string of the molecule is CCOC(=O)c1c(NC(=O)/C(C#N)=C(/S)Nc2ccccc2)sc2c1CCCC2. The van der Waals surface area contributed by atoms with Gasteiger partial charge in [0.05, 0.1) is 17.2 Å². The van der Waals surface area contributed by atoms with Crippen molar-refractivity contribution in [2.75, 3.05) is 17.2 Å². The molecule has 8 heteroatoms. The van der Waals surface area contributed by atoms with Gasteiger partial charge in [0.25, 0.3) is 5.91 Å². The number of aryl methyl sites for hydroxylation is 1. The van der Waals surface area contributed by atoms with Gasteiger partial charge in [0.1, 0.15) is 16.6 Å². The number of benzene rings is 1. The number of nitrogens with one attached hydrogen (secondary N) is 2. The highest BCUT2D eigenvalue weighted by atomic mass is 32.1. The summed E-state index contributed by atoms with van der Waals surface area (Å²) in [5.74, 6) is -1.07. The maximum atomic E-state index is 12.8. The fourth-order valence-corrected chi connectivity index (χ4v) is 4.72. The average molecular weight is 428 g/mol. The number of nitriles is 1. The summed E-state index contributed by atoms with van der Waals surface area (Å²) in [6, 6.07) is 11.0. The molecule has 1 amide bonds. The second kappa shape index (κ2) is 9.63. The lowest BCUT2D eigenvalue weighted by molar-refractivity contribution is -0.112. The van der Waals surface area contributed by atoms with Crippen LogP contribution in [0.15, 0.2) is 40.9 Å². The third-order valence-electron chi connectivity index (χ3n) is 4.49. The molecule has 1 aliphatic carbocycles. The van der Waals surface area contributed by atoms with E-state index in [2.05, 4.69) is 23.3 Å². The Kier molecular flexibility index (Phi) is 6.96. The van der Waals surface area contributed by atoms with Gasteiger partial charge in [-0.3, -0.25) is 4.79 Å². The molecule has 1 aromatic heterocycles. The van der Waals surface area contributed by atoms with E-state index in [4.69, 9.17) is 4.74 Å². The zero-order valence-electron chi connectivity index (χ0n) is 15.9. The van der Waals surface area contributed by atoms with Crippen LogP contribution in [0.1, 0.15) is 40.6 Å². The lowest BCUT2D eigenvalue weighted by Gasteiger charge is -2.12. The Morgan fingerprint density at radius 2 is 1.93 bits per heavy atom. The Hall–Kier alpha value is -2.76. The number of ether oxygens (including phenoxy) is 1. The van der Waals surface area contributed by atoms with Crippen LogP contribution in [0.4, 0.5) is 10.7 Å². The molecule has 0 spiro atoms. The topological polar surface area (TPSA) is 91.2 Å². The largest absolute Gasteiger partial charge is 0.462 e. The molecule has 0 atom stereocenters. The van der Waals surface area contributed by atoms with Crippen molar-refractivity contribution in [2.24, 2.45) is 0 Å². The first-order chi connectivity index (χ1) is 14.0. The van der Waals surface area contributed by atoms with Gasteiger partial charge in [-0.05, 0) is 50.3 Å². The van der Waals surface area contributed by atoms with Crippen LogP contribution >= 0.6 is 24.0 Å². The van der Waals surface area contributed by atoms with Gasteiger partial charge in [0.2, 0.25) is 0 Å². The monoisotopic (exact) mass is 427 g/mol. The molecule has 1 aliphatic rings. The van der Waals surface area contributed by atoms with Gasteiger partial charge in [-0.1, -0.05) is 18.2 Å². The first kappa shape index (κ1) is 21.0. The summed E-state index contributed by atoms with van der Waals surface area (Å²) in [4.78, 5) is 26.4. The molecular weight excluding hydrogens is 406 g/mol. The summed E-state index contributed by atoms with van der Waals surface area (Å²) < 4.78 is 5.20. The minimum Gasteiger partial charge on any atom is -0.462 e. The maximum Gasteiger partial charge on any atom is 0.341 e. The van der Waals surface area contributed by atoms with E-state index in [0.29, 0.717) is 16.3 Å². The van der Waals surface area contributed by atoms with E-state index < -0.39 is 11.9 Å². The van der Waals surface area contributed by atoms with E-state index in [9.17, 15) is 14.9 Å². The standard InChI is InChI=1S/C21H21N3O3S2/c1-2-27-21(26)17-14-10-6-7-11-16(14)29-20(17)24-18(25)15(12-22)19(28)23-13-8-4-3-5-9-13/h3-5,8-9,23,28H,2,6-7,10-11H2,1H3,(H,24,25)/b19-15+. The number of rotatable bonds is 6. The molecule has 2 N–H and O–H groups in total. The quantitative estimate of drug-likeness (QED) is 0.273. The number of carbonyl (C=O) groups excluding carboxylic acids is 2. The van der Waals surface area contributed by atoms with Crippen molar-refractivity contribution in [2.45, 2.75) is 32.6 Å². The third-order valence-corrected chi connectivity index (χ3v) is 6.03. The zero-order valence-corrected chi connectivity index (χ0v) is 17.7. The van der Waals surface area contributed by atoms with Crippen LogP contribution in [0.25, 0.3) is 0 Å². The van der Waals surface area contributed by atoms with Crippen LogP contribution in [0.3, 0.4) is 0 Å². The second-order valence-corrected chi connectivity index (χ2v) is 7.97. The highest BCUT2D eigenvalue weighted by molar-refractivity contribution is 7.84. The van der Waals surface area contributed by atoms with Crippen LogP contribution in [-0.2, 0) is 22.4 Å². The second-order valence-electron chi connectivity index (χ2n) is 6.42. The fraction of sp³-hybridized carbons (Fsp3) is 0.286. The van der Waals surface area contributed by atoms with E-state index in [-0.39, 0.29) is 17.2 Å². The summed E-state index contributed by atoms with van der Waals surface area (Å²) in [5, 5.41) is 15.7. The van der Waals surface area contributed by atoms with Gasteiger partial charge < -0.3 is 15.4 Å².